The van der Waals surface area contributed by atoms with Crippen LogP contribution in [-0.4, -0.2) is 0 Å². The van der Waals surface area contributed by atoms with Gasteiger partial charge in [0.2, 0.25) is 0 Å². The number of benzene rings is 1. The van der Waals surface area contributed by atoms with E-state index in [0.29, 0.717) is 0 Å². The molecular formula is C19H31. The van der Waals surface area contributed by atoms with E-state index in [2.05, 4.69) is 39.8 Å². The van der Waals surface area contributed by atoms with Gasteiger partial charge in [-0.2, -0.15) is 0 Å². The summed E-state index contributed by atoms with van der Waals surface area (Å²) in [5.41, 5.74) is 6.01. The second-order valence-electron chi connectivity index (χ2n) is 5.70. The molecule has 0 fully saturated rings. The van der Waals surface area contributed by atoms with Gasteiger partial charge in [-0.05, 0) is 67.7 Å². The normalized spacial score (nSPS) is 10.9. The van der Waals surface area contributed by atoms with Gasteiger partial charge in [0.15, 0.2) is 0 Å². The van der Waals surface area contributed by atoms with Crippen LogP contribution in [0.1, 0.15) is 81.5 Å². The third-order valence-electron chi connectivity index (χ3n) is 3.87. The number of unbranched alkanes of at least 4 members (excludes halogenated alkanes) is 3. The van der Waals surface area contributed by atoms with Crippen LogP contribution < -0.4 is 0 Å². The van der Waals surface area contributed by atoms with Crippen molar-refractivity contribution in [3.63, 3.8) is 0 Å². The van der Waals surface area contributed by atoms with Crippen LogP contribution in [0, 0.1) is 6.92 Å². The maximum atomic E-state index is 4.18. The summed E-state index contributed by atoms with van der Waals surface area (Å²) in [6.07, 6.45) is 11.5. The van der Waals surface area contributed by atoms with Gasteiger partial charge >= 0.3 is 0 Å². The fraction of sp³-hybridized carbons (Fsp3) is 0.632. The minimum absolute atomic E-state index is 1.21. The van der Waals surface area contributed by atoms with Crippen molar-refractivity contribution in [1.29, 1.82) is 0 Å². The van der Waals surface area contributed by atoms with Crippen molar-refractivity contribution in [3.05, 3.63) is 41.3 Å². The van der Waals surface area contributed by atoms with E-state index >= 15 is 0 Å². The van der Waals surface area contributed by atoms with Gasteiger partial charge in [-0.15, -0.1) is 0 Å². The Morgan fingerprint density at radius 2 is 1.16 bits per heavy atom. The number of hydrogen-bond donors (Lipinski definition) is 0. The molecule has 1 aromatic rings. The van der Waals surface area contributed by atoms with Gasteiger partial charge in [-0.1, -0.05) is 52.2 Å². The molecule has 1 rings (SSSR count). The van der Waals surface area contributed by atoms with Gasteiger partial charge in [0.1, 0.15) is 0 Å². The first-order valence-corrected chi connectivity index (χ1v) is 8.19. The zero-order valence-corrected chi connectivity index (χ0v) is 13.2. The molecule has 0 saturated carbocycles. The summed E-state index contributed by atoms with van der Waals surface area (Å²) in [5, 5.41) is 0. The lowest BCUT2D eigenvalue weighted by Gasteiger charge is -2.16. The van der Waals surface area contributed by atoms with Gasteiger partial charge in [0.25, 0.3) is 0 Å². The van der Waals surface area contributed by atoms with Crippen LogP contribution in [0.3, 0.4) is 0 Å². The zero-order valence-electron chi connectivity index (χ0n) is 13.2. The Hall–Kier alpha value is -0.780. The molecule has 0 spiro atoms. The van der Waals surface area contributed by atoms with Gasteiger partial charge in [0.05, 0.1) is 0 Å². The minimum atomic E-state index is 1.21. The highest BCUT2D eigenvalue weighted by Crippen LogP contribution is 2.23. The number of hydrogen-bond acceptors (Lipinski definition) is 0. The molecule has 107 valence electrons. The maximum Gasteiger partial charge on any atom is -0.0238 e. The summed E-state index contributed by atoms with van der Waals surface area (Å²) in [4.78, 5) is 0. The predicted molar refractivity (Wildman–Crippen MR) is 86.7 cm³/mol. The quantitative estimate of drug-likeness (QED) is 0.518. The molecule has 0 nitrogen and oxygen atoms in total. The summed E-state index contributed by atoms with van der Waals surface area (Å²) in [6, 6.07) is 4.66. The molecule has 0 N–H and O–H groups in total. The summed E-state index contributed by atoms with van der Waals surface area (Å²) < 4.78 is 0. The number of aryl methyl sites for hydroxylation is 2. The average molecular weight is 259 g/mol. The summed E-state index contributed by atoms with van der Waals surface area (Å²) in [5.74, 6) is 0. The first-order valence-electron chi connectivity index (χ1n) is 8.19. The monoisotopic (exact) mass is 259 g/mol. The molecule has 0 aliphatic rings. The molecule has 1 radical (unpaired) electrons. The SMILES string of the molecule is [CH2]c1cc(CCCC)c(CCCC)c(CCCC)c1. The van der Waals surface area contributed by atoms with E-state index in [4.69, 9.17) is 0 Å². The Bertz CT molecular complexity index is 333. The first kappa shape index (κ1) is 16.3. The maximum absolute atomic E-state index is 4.18. The lowest BCUT2D eigenvalue weighted by atomic mass is 9.89. The highest BCUT2D eigenvalue weighted by molar-refractivity contribution is 5.41. The third-order valence-corrected chi connectivity index (χ3v) is 3.87. The van der Waals surface area contributed by atoms with Crippen molar-refractivity contribution >= 4 is 0 Å². The van der Waals surface area contributed by atoms with Crippen molar-refractivity contribution in [3.8, 4) is 0 Å². The Kier molecular flexibility index (Phi) is 7.86. The fourth-order valence-corrected chi connectivity index (χ4v) is 2.72. The van der Waals surface area contributed by atoms with Crippen molar-refractivity contribution < 1.29 is 0 Å². The molecule has 0 aromatic heterocycles. The van der Waals surface area contributed by atoms with E-state index < -0.39 is 0 Å². The molecule has 0 heteroatoms. The molecular weight excluding hydrogens is 228 g/mol. The minimum Gasteiger partial charge on any atom is -0.0654 e. The van der Waals surface area contributed by atoms with Crippen molar-refractivity contribution in [2.45, 2.75) is 78.6 Å². The predicted octanol–water partition coefficient (Wildman–Crippen LogP) is 5.90. The van der Waals surface area contributed by atoms with E-state index in [-0.39, 0.29) is 0 Å². The smallest absolute Gasteiger partial charge is 0.0238 e. The molecule has 0 aliphatic carbocycles. The lowest BCUT2D eigenvalue weighted by molar-refractivity contribution is 0.734. The molecule has 0 bridgehead atoms. The highest BCUT2D eigenvalue weighted by atomic mass is 14.1. The van der Waals surface area contributed by atoms with E-state index in [1.807, 2.05) is 0 Å². The van der Waals surface area contributed by atoms with Crippen LogP contribution in [0.4, 0.5) is 0 Å². The Labute approximate surface area is 120 Å². The van der Waals surface area contributed by atoms with Crippen LogP contribution in [0.2, 0.25) is 0 Å². The third kappa shape index (κ3) is 5.38. The lowest BCUT2D eigenvalue weighted by Crippen LogP contribution is -2.02. The highest BCUT2D eigenvalue weighted by Gasteiger charge is 2.09. The van der Waals surface area contributed by atoms with Crippen LogP contribution in [0.5, 0.6) is 0 Å². The summed E-state index contributed by atoms with van der Waals surface area (Å²) >= 11 is 0. The molecule has 0 heterocycles. The second-order valence-corrected chi connectivity index (χ2v) is 5.70. The molecule has 0 unspecified atom stereocenters. The van der Waals surface area contributed by atoms with Crippen molar-refractivity contribution in [2.75, 3.05) is 0 Å². The standard InChI is InChI=1S/C19H31/c1-5-8-11-17-14-16(4)15-18(12-9-6-2)19(17)13-10-7-3/h14-15H,4-13H2,1-3H3. The van der Waals surface area contributed by atoms with Crippen LogP contribution >= 0.6 is 0 Å². The Balaban J connectivity index is 2.99. The van der Waals surface area contributed by atoms with E-state index in [9.17, 15) is 0 Å². The van der Waals surface area contributed by atoms with Gasteiger partial charge in [-0.25, -0.2) is 0 Å². The Morgan fingerprint density at radius 1 is 0.737 bits per heavy atom. The van der Waals surface area contributed by atoms with Crippen LogP contribution in [0.25, 0.3) is 0 Å². The average Bonchev–Trinajstić information content (AvgIpc) is 2.41. The largest absolute Gasteiger partial charge is 0.0654 e. The molecule has 0 saturated heterocycles. The van der Waals surface area contributed by atoms with E-state index in [1.54, 1.807) is 16.7 Å². The van der Waals surface area contributed by atoms with Gasteiger partial charge in [-0.3, -0.25) is 0 Å². The van der Waals surface area contributed by atoms with Gasteiger partial charge in [0, 0.05) is 0 Å². The molecule has 0 atom stereocenters. The first-order chi connectivity index (χ1) is 9.22. The molecule has 19 heavy (non-hydrogen) atoms. The van der Waals surface area contributed by atoms with Crippen molar-refractivity contribution in [2.24, 2.45) is 0 Å². The zero-order chi connectivity index (χ0) is 14.1. The second kappa shape index (κ2) is 9.18. The van der Waals surface area contributed by atoms with Crippen LogP contribution in [-0.2, 0) is 19.3 Å². The van der Waals surface area contributed by atoms with E-state index in [1.165, 1.54) is 63.4 Å². The van der Waals surface area contributed by atoms with Crippen LogP contribution in [0.15, 0.2) is 12.1 Å². The fourth-order valence-electron chi connectivity index (χ4n) is 2.72. The van der Waals surface area contributed by atoms with E-state index in [0.717, 1.165) is 0 Å². The van der Waals surface area contributed by atoms with Gasteiger partial charge < -0.3 is 0 Å². The Morgan fingerprint density at radius 3 is 1.58 bits per heavy atom. The molecule has 0 amide bonds. The number of rotatable bonds is 9. The van der Waals surface area contributed by atoms with Crippen molar-refractivity contribution in [1.82, 2.24) is 0 Å². The molecule has 1 aromatic carbocycles. The summed E-state index contributed by atoms with van der Waals surface area (Å²) in [7, 11) is 0. The molecule has 0 aliphatic heterocycles. The summed E-state index contributed by atoms with van der Waals surface area (Å²) in [6.45, 7) is 11.0. The topological polar surface area (TPSA) is 0 Å².